The molecule has 1 fully saturated rings. The number of amides is 1. The van der Waals surface area contributed by atoms with E-state index < -0.39 is 12.0 Å². The standard InChI is InChI=1S/C15H20N2O3/c1-11(15(19)20)17-9-7-13(8-10-17)16-14(18)12-5-3-2-4-6-12/h2-6,11,13H,7-10H2,1H3,(H,16,18)(H,19,20). The molecular formula is C15H20N2O3. The van der Waals surface area contributed by atoms with Crippen LogP contribution in [0.1, 0.15) is 30.1 Å². The molecule has 2 rings (SSSR count). The van der Waals surface area contributed by atoms with Crippen LogP contribution in [0.25, 0.3) is 0 Å². The zero-order valence-corrected chi connectivity index (χ0v) is 11.6. The van der Waals surface area contributed by atoms with E-state index in [0.29, 0.717) is 18.7 Å². The summed E-state index contributed by atoms with van der Waals surface area (Å²) in [6.45, 7) is 3.10. The first-order valence-electron chi connectivity index (χ1n) is 6.90. The molecule has 20 heavy (non-hydrogen) atoms. The van der Waals surface area contributed by atoms with Gasteiger partial charge in [-0.1, -0.05) is 18.2 Å². The van der Waals surface area contributed by atoms with Gasteiger partial charge in [-0.25, -0.2) is 0 Å². The van der Waals surface area contributed by atoms with Gasteiger partial charge in [-0.3, -0.25) is 14.5 Å². The number of nitrogens with zero attached hydrogens (tertiary/aromatic N) is 1. The number of carbonyl (C=O) groups excluding carboxylic acids is 1. The van der Waals surface area contributed by atoms with Crippen molar-refractivity contribution in [3.05, 3.63) is 35.9 Å². The average Bonchev–Trinajstić information content (AvgIpc) is 2.48. The predicted molar refractivity (Wildman–Crippen MR) is 75.6 cm³/mol. The summed E-state index contributed by atoms with van der Waals surface area (Å²) >= 11 is 0. The highest BCUT2D eigenvalue weighted by atomic mass is 16.4. The molecule has 0 radical (unpaired) electrons. The fraction of sp³-hybridized carbons (Fsp3) is 0.467. The lowest BCUT2D eigenvalue weighted by Gasteiger charge is -2.34. The maximum absolute atomic E-state index is 12.0. The van der Waals surface area contributed by atoms with Crippen LogP contribution < -0.4 is 5.32 Å². The molecule has 0 spiro atoms. The Hall–Kier alpha value is -1.88. The monoisotopic (exact) mass is 276 g/mol. The number of rotatable bonds is 4. The van der Waals surface area contributed by atoms with Crippen molar-refractivity contribution >= 4 is 11.9 Å². The fourth-order valence-corrected chi connectivity index (χ4v) is 2.45. The molecule has 1 aromatic carbocycles. The molecule has 0 aromatic heterocycles. The molecule has 1 unspecified atom stereocenters. The summed E-state index contributed by atoms with van der Waals surface area (Å²) < 4.78 is 0. The van der Waals surface area contributed by atoms with E-state index in [0.717, 1.165) is 12.8 Å². The summed E-state index contributed by atoms with van der Waals surface area (Å²) in [5, 5.41) is 12.0. The van der Waals surface area contributed by atoms with E-state index in [1.807, 2.05) is 23.1 Å². The van der Waals surface area contributed by atoms with Gasteiger partial charge in [0.2, 0.25) is 0 Å². The molecule has 1 amide bonds. The summed E-state index contributed by atoms with van der Waals surface area (Å²) in [4.78, 5) is 24.9. The van der Waals surface area contributed by atoms with Crippen LogP contribution in [0.5, 0.6) is 0 Å². The van der Waals surface area contributed by atoms with Crippen LogP contribution >= 0.6 is 0 Å². The van der Waals surface area contributed by atoms with Crippen LogP contribution in [0.4, 0.5) is 0 Å². The second kappa shape index (κ2) is 6.52. The van der Waals surface area contributed by atoms with Crippen molar-refractivity contribution in [3.63, 3.8) is 0 Å². The Labute approximate surface area is 118 Å². The molecule has 1 heterocycles. The normalized spacial score (nSPS) is 18.4. The zero-order valence-electron chi connectivity index (χ0n) is 11.6. The lowest BCUT2D eigenvalue weighted by Crippen LogP contribution is -2.49. The lowest BCUT2D eigenvalue weighted by molar-refractivity contribution is -0.143. The van der Waals surface area contributed by atoms with E-state index in [-0.39, 0.29) is 11.9 Å². The van der Waals surface area contributed by atoms with Crippen LogP contribution in [0.2, 0.25) is 0 Å². The minimum Gasteiger partial charge on any atom is -0.480 e. The molecule has 2 N–H and O–H groups in total. The Morgan fingerprint density at radius 3 is 2.40 bits per heavy atom. The van der Waals surface area contributed by atoms with Crippen molar-refractivity contribution in [2.24, 2.45) is 0 Å². The number of aliphatic carboxylic acids is 1. The number of carboxylic acids is 1. The van der Waals surface area contributed by atoms with E-state index in [4.69, 9.17) is 5.11 Å². The van der Waals surface area contributed by atoms with Crippen molar-refractivity contribution in [1.82, 2.24) is 10.2 Å². The predicted octanol–water partition coefficient (Wildman–Crippen LogP) is 1.35. The number of benzene rings is 1. The van der Waals surface area contributed by atoms with E-state index in [2.05, 4.69) is 5.32 Å². The average molecular weight is 276 g/mol. The minimum atomic E-state index is -0.795. The number of hydrogen-bond donors (Lipinski definition) is 2. The molecule has 0 bridgehead atoms. The molecule has 1 aromatic rings. The molecule has 5 nitrogen and oxygen atoms in total. The van der Waals surface area contributed by atoms with Crippen LogP contribution in [0.15, 0.2) is 30.3 Å². The zero-order chi connectivity index (χ0) is 14.5. The first-order valence-corrected chi connectivity index (χ1v) is 6.90. The molecule has 1 aliphatic rings. The van der Waals surface area contributed by atoms with E-state index in [1.165, 1.54) is 0 Å². The third-order valence-electron chi connectivity index (χ3n) is 3.81. The van der Waals surface area contributed by atoms with Crippen molar-refractivity contribution < 1.29 is 14.7 Å². The Morgan fingerprint density at radius 2 is 1.85 bits per heavy atom. The second-order valence-electron chi connectivity index (χ2n) is 5.16. The number of nitrogens with one attached hydrogen (secondary N) is 1. The van der Waals surface area contributed by atoms with E-state index in [1.54, 1.807) is 19.1 Å². The van der Waals surface area contributed by atoms with Crippen LogP contribution in [0, 0.1) is 0 Å². The smallest absolute Gasteiger partial charge is 0.320 e. The van der Waals surface area contributed by atoms with Crippen molar-refractivity contribution in [2.45, 2.75) is 31.8 Å². The van der Waals surface area contributed by atoms with Crippen molar-refractivity contribution in [3.8, 4) is 0 Å². The SMILES string of the molecule is CC(C(=O)O)N1CCC(NC(=O)c2ccccc2)CC1. The summed E-state index contributed by atoms with van der Waals surface area (Å²) in [5.74, 6) is -0.855. The highest BCUT2D eigenvalue weighted by Gasteiger charge is 2.26. The van der Waals surface area contributed by atoms with Gasteiger partial charge in [-0.05, 0) is 31.9 Å². The molecule has 0 saturated carbocycles. The van der Waals surface area contributed by atoms with Gasteiger partial charge in [0.1, 0.15) is 6.04 Å². The topological polar surface area (TPSA) is 69.6 Å². The first kappa shape index (κ1) is 14.5. The Morgan fingerprint density at radius 1 is 1.25 bits per heavy atom. The number of carboxylic acid groups (broad SMARTS) is 1. The van der Waals surface area contributed by atoms with Crippen molar-refractivity contribution in [1.29, 1.82) is 0 Å². The number of likely N-dealkylation sites (tertiary alicyclic amines) is 1. The molecule has 0 aliphatic carbocycles. The summed E-state index contributed by atoms with van der Waals surface area (Å²) in [7, 11) is 0. The number of piperidine rings is 1. The van der Waals surface area contributed by atoms with E-state index in [9.17, 15) is 9.59 Å². The van der Waals surface area contributed by atoms with Gasteiger partial charge in [0.05, 0.1) is 0 Å². The molecule has 1 atom stereocenters. The summed E-state index contributed by atoms with van der Waals surface area (Å²) in [5.41, 5.74) is 0.661. The number of carbonyl (C=O) groups is 2. The third-order valence-corrected chi connectivity index (χ3v) is 3.81. The fourth-order valence-electron chi connectivity index (χ4n) is 2.45. The molecule has 1 saturated heterocycles. The van der Waals surface area contributed by atoms with E-state index >= 15 is 0 Å². The summed E-state index contributed by atoms with van der Waals surface area (Å²) in [6.07, 6.45) is 1.58. The van der Waals surface area contributed by atoms with Crippen molar-refractivity contribution in [2.75, 3.05) is 13.1 Å². The third kappa shape index (κ3) is 3.57. The van der Waals surface area contributed by atoms with Crippen LogP contribution in [-0.2, 0) is 4.79 Å². The summed E-state index contributed by atoms with van der Waals surface area (Å²) in [6, 6.07) is 8.80. The highest BCUT2D eigenvalue weighted by Crippen LogP contribution is 2.14. The largest absolute Gasteiger partial charge is 0.480 e. The molecule has 108 valence electrons. The Balaban J connectivity index is 1.83. The van der Waals surface area contributed by atoms with Crippen LogP contribution in [-0.4, -0.2) is 47.1 Å². The lowest BCUT2D eigenvalue weighted by atomic mass is 10.0. The Kier molecular flexibility index (Phi) is 4.74. The van der Waals surface area contributed by atoms with Gasteiger partial charge >= 0.3 is 5.97 Å². The van der Waals surface area contributed by atoms with Gasteiger partial charge < -0.3 is 10.4 Å². The number of hydrogen-bond acceptors (Lipinski definition) is 3. The molecular weight excluding hydrogens is 256 g/mol. The van der Waals surface area contributed by atoms with Gasteiger partial charge in [-0.15, -0.1) is 0 Å². The van der Waals surface area contributed by atoms with Crippen LogP contribution in [0.3, 0.4) is 0 Å². The first-order chi connectivity index (χ1) is 9.58. The Bertz CT molecular complexity index is 467. The van der Waals surface area contributed by atoms with Gasteiger partial charge in [0.25, 0.3) is 5.91 Å². The maximum Gasteiger partial charge on any atom is 0.320 e. The minimum absolute atomic E-state index is 0.0599. The van der Waals surface area contributed by atoms with Gasteiger partial charge in [0, 0.05) is 24.7 Å². The van der Waals surface area contributed by atoms with Gasteiger partial charge in [-0.2, -0.15) is 0 Å². The maximum atomic E-state index is 12.0. The molecule has 5 heteroatoms. The molecule has 1 aliphatic heterocycles. The van der Waals surface area contributed by atoms with Gasteiger partial charge in [0.15, 0.2) is 0 Å². The highest BCUT2D eigenvalue weighted by molar-refractivity contribution is 5.94. The second-order valence-corrected chi connectivity index (χ2v) is 5.16. The quantitative estimate of drug-likeness (QED) is 0.871.